The number of aliphatic hydroxyl groups excluding tert-OH is 2. The van der Waals surface area contributed by atoms with E-state index in [-0.39, 0.29) is 13.2 Å². The van der Waals surface area contributed by atoms with E-state index >= 15 is 0 Å². The number of aliphatic hydroxyl groups is 2. The average Bonchev–Trinajstić information content (AvgIpc) is 2.41. The Bertz CT molecular complexity index is 467. The molecule has 2 heterocycles. The standard InChI is InChI=1S/C14H16N2O2/c17-9-5-11-3-1-7-15-13(11)14-12(6-10-18)4-2-8-16-14/h1-4,7-8,17-18H,5-6,9-10H2/p+1. The molecule has 94 valence electrons. The van der Waals surface area contributed by atoms with Gasteiger partial charge in [0.15, 0.2) is 6.20 Å². The van der Waals surface area contributed by atoms with Crippen molar-refractivity contribution in [2.45, 2.75) is 12.8 Å². The predicted molar refractivity (Wildman–Crippen MR) is 67.8 cm³/mol. The zero-order valence-electron chi connectivity index (χ0n) is 10.1. The van der Waals surface area contributed by atoms with Crippen LogP contribution < -0.4 is 4.98 Å². The van der Waals surface area contributed by atoms with Crippen molar-refractivity contribution in [3.63, 3.8) is 0 Å². The summed E-state index contributed by atoms with van der Waals surface area (Å²) < 4.78 is 0. The Morgan fingerprint density at radius 2 is 1.72 bits per heavy atom. The topological polar surface area (TPSA) is 67.5 Å². The summed E-state index contributed by atoms with van der Waals surface area (Å²) in [5.41, 5.74) is 3.78. The van der Waals surface area contributed by atoms with E-state index in [0.29, 0.717) is 12.8 Å². The number of nitrogens with zero attached hydrogens (tertiary/aromatic N) is 1. The molecular weight excluding hydrogens is 228 g/mol. The van der Waals surface area contributed by atoms with E-state index in [4.69, 9.17) is 10.2 Å². The van der Waals surface area contributed by atoms with Crippen LogP contribution in [0.1, 0.15) is 11.1 Å². The van der Waals surface area contributed by atoms with Gasteiger partial charge in [-0.3, -0.25) is 0 Å². The summed E-state index contributed by atoms with van der Waals surface area (Å²) in [6.07, 6.45) is 4.74. The highest BCUT2D eigenvalue weighted by atomic mass is 16.3. The molecule has 0 amide bonds. The maximum Gasteiger partial charge on any atom is 0.232 e. The van der Waals surface area contributed by atoms with Gasteiger partial charge in [0.25, 0.3) is 0 Å². The second-order valence-electron chi connectivity index (χ2n) is 4.03. The molecule has 0 saturated heterocycles. The van der Waals surface area contributed by atoms with Crippen LogP contribution in [0.4, 0.5) is 0 Å². The molecule has 0 fully saturated rings. The van der Waals surface area contributed by atoms with E-state index in [1.807, 2.05) is 30.5 Å². The van der Waals surface area contributed by atoms with Gasteiger partial charge in [-0.1, -0.05) is 6.07 Å². The highest BCUT2D eigenvalue weighted by Crippen LogP contribution is 2.21. The molecule has 3 N–H and O–H groups in total. The molecule has 0 saturated carbocycles. The first-order chi connectivity index (χ1) is 8.86. The van der Waals surface area contributed by atoms with Crippen LogP contribution in [0.3, 0.4) is 0 Å². The number of nitrogens with one attached hydrogen (secondary N) is 1. The van der Waals surface area contributed by atoms with Gasteiger partial charge in [-0.05, 0) is 24.1 Å². The van der Waals surface area contributed by atoms with Crippen LogP contribution in [0.5, 0.6) is 0 Å². The zero-order valence-corrected chi connectivity index (χ0v) is 10.1. The first-order valence-electron chi connectivity index (χ1n) is 6.02. The molecular formula is C14H17N2O2+. The predicted octanol–water partition coefficient (Wildman–Crippen LogP) is 0.632. The number of pyridine rings is 2. The lowest BCUT2D eigenvalue weighted by Gasteiger charge is -2.06. The van der Waals surface area contributed by atoms with Crippen molar-refractivity contribution < 1.29 is 15.2 Å². The molecule has 0 aliphatic heterocycles. The summed E-state index contributed by atoms with van der Waals surface area (Å²) in [4.78, 5) is 7.57. The Morgan fingerprint density at radius 1 is 1.00 bits per heavy atom. The van der Waals surface area contributed by atoms with Gasteiger partial charge in [0, 0.05) is 37.5 Å². The third kappa shape index (κ3) is 2.72. The fraction of sp³-hybridized carbons (Fsp3) is 0.286. The van der Waals surface area contributed by atoms with Crippen LogP contribution >= 0.6 is 0 Å². The summed E-state index contributed by atoms with van der Waals surface area (Å²) in [7, 11) is 0. The number of rotatable bonds is 5. The lowest BCUT2D eigenvalue weighted by molar-refractivity contribution is -0.365. The van der Waals surface area contributed by atoms with Crippen LogP contribution in [-0.2, 0) is 12.8 Å². The Kier molecular flexibility index (Phi) is 4.39. The van der Waals surface area contributed by atoms with E-state index in [1.54, 1.807) is 6.20 Å². The molecule has 4 nitrogen and oxygen atoms in total. The minimum absolute atomic E-state index is 0.0981. The van der Waals surface area contributed by atoms with Crippen LogP contribution in [0.25, 0.3) is 11.4 Å². The van der Waals surface area contributed by atoms with Crippen molar-refractivity contribution in [2.24, 2.45) is 0 Å². The number of aromatic nitrogens is 2. The summed E-state index contributed by atoms with van der Waals surface area (Å²) in [5.74, 6) is 0. The Balaban J connectivity index is 2.47. The lowest BCUT2D eigenvalue weighted by Crippen LogP contribution is -2.13. The third-order valence-electron chi connectivity index (χ3n) is 2.83. The molecule has 2 aromatic heterocycles. The molecule has 0 aliphatic rings. The first-order valence-corrected chi connectivity index (χ1v) is 6.02. The van der Waals surface area contributed by atoms with Crippen LogP contribution in [-0.4, -0.2) is 28.4 Å². The maximum atomic E-state index is 9.09. The first kappa shape index (κ1) is 12.7. The molecule has 0 aliphatic carbocycles. The monoisotopic (exact) mass is 245 g/mol. The quantitative estimate of drug-likeness (QED) is 0.812. The fourth-order valence-corrected chi connectivity index (χ4v) is 2.01. The van der Waals surface area contributed by atoms with E-state index < -0.39 is 0 Å². The molecule has 2 rings (SSSR count). The molecule has 0 aromatic carbocycles. The molecule has 18 heavy (non-hydrogen) atoms. The molecule has 0 bridgehead atoms. The summed E-state index contributed by atoms with van der Waals surface area (Å²) in [6, 6.07) is 7.70. The van der Waals surface area contributed by atoms with E-state index in [2.05, 4.69) is 9.97 Å². The largest absolute Gasteiger partial charge is 0.396 e. The highest BCUT2D eigenvalue weighted by molar-refractivity contribution is 5.59. The van der Waals surface area contributed by atoms with Gasteiger partial charge in [-0.15, -0.1) is 0 Å². The lowest BCUT2D eigenvalue weighted by atomic mass is 10.0. The van der Waals surface area contributed by atoms with Crippen LogP contribution in [0, 0.1) is 0 Å². The number of hydrogen-bond acceptors (Lipinski definition) is 3. The highest BCUT2D eigenvalue weighted by Gasteiger charge is 2.16. The Labute approximate surface area is 106 Å². The zero-order chi connectivity index (χ0) is 12.8. The third-order valence-corrected chi connectivity index (χ3v) is 2.83. The van der Waals surface area contributed by atoms with Crippen LogP contribution in [0.15, 0.2) is 36.7 Å². The minimum Gasteiger partial charge on any atom is -0.396 e. The van der Waals surface area contributed by atoms with Crippen molar-refractivity contribution in [1.29, 1.82) is 0 Å². The molecule has 0 unspecified atom stereocenters. The van der Waals surface area contributed by atoms with E-state index in [1.165, 1.54) is 0 Å². The second-order valence-corrected chi connectivity index (χ2v) is 4.03. The normalized spacial score (nSPS) is 10.6. The van der Waals surface area contributed by atoms with Gasteiger partial charge in [0.2, 0.25) is 5.69 Å². The van der Waals surface area contributed by atoms with E-state index in [0.717, 1.165) is 22.5 Å². The van der Waals surface area contributed by atoms with Crippen molar-refractivity contribution in [1.82, 2.24) is 4.98 Å². The van der Waals surface area contributed by atoms with Gasteiger partial charge in [0.1, 0.15) is 5.69 Å². The van der Waals surface area contributed by atoms with E-state index in [9.17, 15) is 0 Å². The number of H-pyrrole nitrogens is 1. The van der Waals surface area contributed by atoms with Gasteiger partial charge in [0.05, 0.1) is 0 Å². The molecule has 2 aromatic rings. The molecule has 0 radical (unpaired) electrons. The van der Waals surface area contributed by atoms with Gasteiger partial charge >= 0.3 is 0 Å². The SMILES string of the molecule is OCCc1cccnc1-c1[nH+]cccc1CCO. The maximum absolute atomic E-state index is 9.09. The molecule has 0 spiro atoms. The Morgan fingerprint density at radius 3 is 2.50 bits per heavy atom. The second kappa shape index (κ2) is 6.23. The number of hydrogen-bond donors (Lipinski definition) is 2. The summed E-state index contributed by atoms with van der Waals surface area (Å²) >= 11 is 0. The smallest absolute Gasteiger partial charge is 0.232 e. The van der Waals surface area contributed by atoms with Gasteiger partial charge in [-0.2, -0.15) is 0 Å². The van der Waals surface area contributed by atoms with Crippen molar-refractivity contribution >= 4 is 0 Å². The fourth-order valence-electron chi connectivity index (χ4n) is 2.01. The summed E-state index contributed by atoms with van der Waals surface area (Å²) in [6.45, 7) is 0.202. The average molecular weight is 245 g/mol. The van der Waals surface area contributed by atoms with Crippen molar-refractivity contribution in [3.05, 3.63) is 47.8 Å². The minimum atomic E-state index is 0.0981. The molecule has 4 heteroatoms. The van der Waals surface area contributed by atoms with Gasteiger partial charge < -0.3 is 10.2 Å². The molecule has 0 atom stereocenters. The number of aromatic amines is 1. The summed E-state index contributed by atoms with van der Waals surface area (Å²) in [5, 5.41) is 18.2. The van der Waals surface area contributed by atoms with Crippen LogP contribution in [0.2, 0.25) is 0 Å². The van der Waals surface area contributed by atoms with Crippen molar-refractivity contribution in [3.8, 4) is 11.4 Å². The van der Waals surface area contributed by atoms with Gasteiger partial charge in [-0.25, -0.2) is 9.97 Å². The Hall–Kier alpha value is -1.78. The van der Waals surface area contributed by atoms with Crippen molar-refractivity contribution in [2.75, 3.05) is 13.2 Å².